The Kier molecular flexibility index (Phi) is 4.71. The maximum atomic E-state index is 12.6. The fourth-order valence-electron chi connectivity index (χ4n) is 3.89. The van der Waals surface area contributed by atoms with Crippen molar-refractivity contribution in [2.24, 2.45) is 5.92 Å². The minimum absolute atomic E-state index is 0.0137. The summed E-state index contributed by atoms with van der Waals surface area (Å²) in [6.45, 7) is 2.47. The molecule has 1 aliphatic carbocycles. The minimum Gasteiger partial charge on any atom is -0.375 e. The summed E-state index contributed by atoms with van der Waals surface area (Å²) in [4.78, 5) is 31.0. The number of fused-ring (bicyclic) bond motifs is 2. The lowest BCUT2D eigenvalue weighted by molar-refractivity contribution is -0.176. The van der Waals surface area contributed by atoms with E-state index >= 15 is 0 Å². The summed E-state index contributed by atoms with van der Waals surface area (Å²) < 4.78 is 13.3. The predicted molar refractivity (Wildman–Crippen MR) is 92.2 cm³/mol. The van der Waals surface area contributed by atoms with Gasteiger partial charge in [0.25, 0.3) is 5.91 Å². The third-order valence-corrected chi connectivity index (χ3v) is 5.60. The zero-order chi connectivity index (χ0) is 18.1. The van der Waals surface area contributed by atoms with Gasteiger partial charge < -0.3 is 24.3 Å². The highest BCUT2D eigenvalue weighted by Crippen LogP contribution is 2.40. The van der Waals surface area contributed by atoms with Gasteiger partial charge in [-0.2, -0.15) is 0 Å². The van der Waals surface area contributed by atoms with Crippen molar-refractivity contribution in [3.05, 3.63) is 18.2 Å². The van der Waals surface area contributed by atoms with Gasteiger partial charge in [-0.1, -0.05) is 0 Å². The molecule has 3 heterocycles. The summed E-state index contributed by atoms with van der Waals surface area (Å²) in [6, 6.07) is 0. The minimum atomic E-state index is -0.604. The third kappa shape index (κ3) is 3.35. The Morgan fingerprint density at radius 3 is 2.85 bits per heavy atom. The van der Waals surface area contributed by atoms with Crippen LogP contribution in [0.2, 0.25) is 0 Å². The second-order valence-electron chi connectivity index (χ2n) is 7.51. The topological polar surface area (TPSA) is 85.7 Å². The molecule has 1 spiro atoms. The first-order valence-electron chi connectivity index (χ1n) is 9.35. The van der Waals surface area contributed by atoms with Gasteiger partial charge in [0.15, 0.2) is 6.10 Å². The van der Waals surface area contributed by atoms with Crippen molar-refractivity contribution in [3.8, 4) is 0 Å². The van der Waals surface area contributed by atoms with E-state index in [2.05, 4.69) is 10.3 Å². The second-order valence-corrected chi connectivity index (χ2v) is 7.51. The maximum absolute atomic E-state index is 12.6. The Balaban J connectivity index is 1.46. The van der Waals surface area contributed by atoms with E-state index in [-0.39, 0.29) is 18.4 Å². The van der Waals surface area contributed by atoms with Crippen LogP contribution in [0.4, 0.5) is 0 Å². The van der Waals surface area contributed by atoms with Crippen LogP contribution in [0.15, 0.2) is 12.4 Å². The number of imidazole rings is 1. The van der Waals surface area contributed by atoms with E-state index in [1.807, 2.05) is 10.8 Å². The fraction of sp³-hybridized carbons (Fsp3) is 0.722. The molecule has 26 heavy (non-hydrogen) atoms. The molecule has 2 fully saturated rings. The van der Waals surface area contributed by atoms with E-state index in [1.165, 1.54) is 20.0 Å². The molecule has 1 saturated heterocycles. The van der Waals surface area contributed by atoms with Crippen LogP contribution in [-0.4, -0.2) is 65.7 Å². The highest BCUT2D eigenvalue weighted by molar-refractivity contribution is 5.81. The number of carbonyl (C=O) groups excluding carboxylic acids is 2. The Hall–Kier alpha value is -1.93. The summed E-state index contributed by atoms with van der Waals surface area (Å²) in [5, 5.41) is 3.02. The molecule has 0 bridgehead atoms. The summed E-state index contributed by atoms with van der Waals surface area (Å²) in [5.74, 6) is 1.44. The molecule has 1 saturated carbocycles. The van der Waals surface area contributed by atoms with Crippen molar-refractivity contribution in [1.82, 2.24) is 19.8 Å². The summed E-state index contributed by atoms with van der Waals surface area (Å²) >= 11 is 0. The van der Waals surface area contributed by atoms with E-state index < -0.39 is 11.7 Å². The number of rotatable bonds is 5. The van der Waals surface area contributed by atoms with Gasteiger partial charge in [0.2, 0.25) is 5.91 Å². The Labute approximate surface area is 152 Å². The first-order chi connectivity index (χ1) is 12.6. The number of likely N-dealkylation sites (tertiary alicyclic amines) is 1. The van der Waals surface area contributed by atoms with Crippen LogP contribution >= 0.6 is 0 Å². The van der Waals surface area contributed by atoms with Crippen molar-refractivity contribution >= 4 is 11.8 Å². The third-order valence-electron chi connectivity index (χ3n) is 5.60. The van der Waals surface area contributed by atoms with Crippen molar-refractivity contribution in [2.45, 2.75) is 43.9 Å². The van der Waals surface area contributed by atoms with Gasteiger partial charge in [0, 0.05) is 52.0 Å². The Morgan fingerprint density at radius 2 is 2.15 bits per heavy atom. The molecule has 1 aromatic rings. The summed E-state index contributed by atoms with van der Waals surface area (Å²) in [7, 11) is 1.52. The molecular weight excluding hydrogens is 336 g/mol. The summed E-state index contributed by atoms with van der Waals surface area (Å²) in [5.41, 5.74) is -0.604. The standard InChI is InChI=1S/C18H26N4O4/c1-25-12-15(23)21-7-4-18(5-8-21)17-19-6-9-22(17)11-14(26-18)16(24)20-10-13-2-3-13/h6,9,13-14H,2-5,7-8,10-12H2,1H3,(H,20,24). The Morgan fingerprint density at radius 1 is 1.38 bits per heavy atom. The number of carbonyl (C=O) groups is 2. The fourth-order valence-corrected chi connectivity index (χ4v) is 3.89. The average molecular weight is 362 g/mol. The lowest BCUT2D eigenvalue weighted by atomic mass is 9.88. The van der Waals surface area contributed by atoms with E-state index in [9.17, 15) is 9.59 Å². The molecule has 2 aliphatic heterocycles. The number of nitrogens with zero attached hydrogens (tertiary/aromatic N) is 3. The van der Waals surface area contributed by atoms with Crippen LogP contribution in [0.1, 0.15) is 31.5 Å². The molecule has 1 atom stereocenters. The normalized spacial score (nSPS) is 24.3. The van der Waals surface area contributed by atoms with Gasteiger partial charge >= 0.3 is 0 Å². The van der Waals surface area contributed by atoms with Crippen molar-refractivity contribution in [3.63, 3.8) is 0 Å². The molecule has 0 radical (unpaired) electrons. The van der Waals surface area contributed by atoms with Crippen LogP contribution in [0.25, 0.3) is 0 Å². The number of amides is 2. The van der Waals surface area contributed by atoms with Crippen molar-refractivity contribution in [2.75, 3.05) is 33.4 Å². The lowest BCUT2D eigenvalue weighted by Crippen LogP contribution is -2.55. The van der Waals surface area contributed by atoms with Gasteiger partial charge in [-0.3, -0.25) is 9.59 Å². The number of methoxy groups -OCH3 is 1. The SMILES string of the molecule is COCC(=O)N1CCC2(CC1)OC(C(=O)NCC1CC1)Cn1ccnc12. The smallest absolute Gasteiger partial charge is 0.251 e. The average Bonchev–Trinajstić information content (AvgIpc) is 3.35. The van der Waals surface area contributed by atoms with Gasteiger partial charge in [0.05, 0.1) is 6.54 Å². The number of ether oxygens (including phenoxy) is 2. The van der Waals surface area contributed by atoms with Gasteiger partial charge in [-0.25, -0.2) is 4.98 Å². The van der Waals surface area contributed by atoms with Crippen LogP contribution in [0.3, 0.4) is 0 Å². The maximum Gasteiger partial charge on any atom is 0.251 e. The van der Waals surface area contributed by atoms with E-state index in [4.69, 9.17) is 9.47 Å². The quantitative estimate of drug-likeness (QED) is 0.813. The first kappa shape index (κ1) is 17.5. The molecular formula is C18H26N4O4. The molecule has 1 aromatic heterocycles. The number of hydrogen-bond donors (Lipinski definition) is 1. The van der Waals surface area contributed by atoms with Crippen LogP contribution < -0.4 is 5.32 Å². The number of piperidine rings is 1. The Bertz CT molecular complexity index is 676. The van der Waals surface area contributed by atoms with E-state index in [0.717, 1.165) is 12.4 Å². The molecule has 1 N–H and O–H groups in total. The molecule has 142 valence electrons. The molecule has 3 aliphatic rings. The zero-order valence-corrected chi connectivity index (χ0v) is 15.1. The van der Waals surface area contributed by atoms with Crippen LogP contribution in [-0.2, 0) is 31.2 Å². The van der Waals surface area contributed by atoms with E-state index in [1.54, 1.807) is 11.1 Å². The van der Waals surface area contributed by atoms with Gasteiger partial charge in [-0.15, -0.1) is 0 Å². The zero-order valence-electron chi connectivity index (χ0n) is 15.1. The number of aromatic nitrogens is 2. The molecule has 1 unspecified atom stereocenters. The van der Waals surface area contributed by atoms with Gasteiger partial charge in [-0.05, 0) is 18.8 Å². The van der Waals surface area contributed by atoms with Crippen molar-refractivity contribution in [1.29, 1.82) is 0 Å². The predicted octanol–water partition coefficient (Wildman–Crippen LogP) is 0.272. The lowest BCUT2D eigenvalue weighted by Gasteiger charge is -2.45. The molecule has 8 nitrogen and oxygen atoms in total. The van der Waals surface area contributed by atoms with E-state index in [0.29, 0.717) is 38.4 Å². The molecule has 2 amide bonds. The van der Waals surface area contributed by atoms with Crippen molar-refractivity contribution < 1.29 is 19.1 Å². The molecule has 0 aromatic carbocycles. The van der Waals surface area contributed by atoms with Gasteiger partial charge in [0.1, 0.15) is 18.0 Å². The molecule has 4 rings (SSSR count). The highest BCUT2D eigenvalue weighted by atomic mass is 16.5. The second kappa shape index (κ2) is 7.00. The largest absolute Gasteiger partial charge is 0.375 e. The summed E-state index contributed by atoms with van der Waals surface area (Å²) in [6.07, 6.45) is 6.81. The highest BCUT2D eigenvalue weighted by Gasteiger charge is 2.47. The molecule has 8 heteroatoms. The van der Waals surface area contributed by atoms with Crippen LogP contribution in [0, 0.1) is 5.92 Å². The van der Waals surface area contributed by atoms with Crippen LogP contribution in [0.5, 0.6) is 0 Å². The monoisotopic (exact) mass is 362 g/mol. The number of nitrogens with one attached hydrogen (secondary N) is 1. The first-order valence-corrected chi connectivity index (χ1v) is 9.35. The number of hydrogen-bond acceptors (Lipinski definition) is 5.